The molecule has 0 fully saturated rings. The van der Waals surface area contributed by atoms with Crippen LogP contribution in [0.3, 0.4) is 0 Å². The summed E-state index contributed by atoms with van der Waals surface area (Å²) in [7, 11) is 0. The van der Waals surface area contributed by atoms with Gasteiger partial charge in [-0.15, -0.1) is 0 Å². The molecule has 0 aliphatic heterocycles. The maximum absolute atomic E-state index is 5.53. The van der Waals surface area contributed by atoms with E-state index in [-0.39, 0.29) is 6.04 Å². The monoisotopic (exact) mass is 389 g/mol. The first kappa shape index (κ1) is 16.8. The van der Waals surface area contributed by atoms with Gasteiger partial charge >= 0.3 is 0 Å². The first-order valence-corrected chi connectivity index (χ1v) is 8.97. The quantitative estimate of drug-likeness (QED) is 0.624. The van der Waals surface area contributed by atoms with E-state index in [2.05, 4.69) is 49.3 Å². The van der Waals surface area contributed by atoms with Gasteiger partial charge in [0.05, 0.1) is 12.8 Å². The van der Waals surface area contributed by atoms with Gasteiger partial charge in [-0.1, -0.05) is 19.9 Å². The normalized spacial score (nSPS) is 11.4. The number of aromatic nitrogens is 5. The predicted octanol–water partition coefficient (Wildman–Crippen LogP) is 4.41. The molecule has 0 aliphatic carbocycles. The van der Waals surface area contributed by atoms with Gasteiger partial charge in [0.15, 0.2) is 17.1 Å². The fourth-order valence-electron chi connectivity index (χ4n) is 2.80. The van der Waals surface area contributed by atoms with Crippen molar-refractivity contribution in [2.75, 3.05) is 6.61 Å². The lowest BCUT2D eigenvalue weighted by molar-refractivity contribution is 0.327. The van der Waals surface area contributed by atoms with Gasteiger partial charge in [-0.2, -0.15) is 0 Å². The Hall–Kier alpha value is -2.02. The van der Waals surface area contributed by atoms with E-state index >= 15 is 0 Å². The van der Waals surface area contributed by atoms with E-state index < -0.39 is 0 Å². The van der Waals surface area contributed by atoms with E-state index in [9.17, 15) is 0 Å². The van der Waals surface area contributed by atoms with E-state index in [1.807, 2.05) is 25.1 Å². The average Bonchev–Trinajstić information content (AvgIpc) is 2.96. The number of fused-ring (bicyclic) bond motifs is 1. The molecule has 6 nitrogen and oxygen atoms in total. The fraction of sp³-hybridized carbons (Fsp3) is 0.412. The number of hydrogen-bond donors (Lipinski definition) is 0. The van der Waals surface area contributed by atoms with Crippen LogP contribution in [0.25, 0.3) is 22.8 Å². The van der Waals surface area contributed by atoms with Crippen LogP contribution in [0.2, 0.25) is 0 Å². The fourth-order valence-corrected chi connectivity index (χ4v) is 3.07. The van der Waals surface area contributed by atoms with Gasteiger partial charge in [0, 0.05) is 12.1 Å². The molecule has 0 bridgehead atoms. The molecule has 0 N–H and O–H groups in total. The molecule has 0 aromatic carbocycles. The highest BCUT2D eigenvalue weighted by molar-refractivity contribution is 9.10. The van der Waals surface area contributed by atoms with Crippen molar-refractivity contribution in [3.8, 4) is 17.4 Å². The Morgan fingerprint density at radius 2 is 1.92 bits per heavy atom. The van der Waals surface area contributed by atoms with Gasteiger partial charge in [0.25, 0.3) is 0 Å². The molecule has 126 valence electrons. The summed E-state index contributed by atoms with van der Waals surface area (Å²) in [6.07, 6.45) is 3.63. The first-order chi connectivity index (χ1) is 11.7. The van der Waals surface area contributed by atoms with Gasteiger partial charge < -0.3 is 9.30 Å². The third kappa shape index (κ3) is 3.13. The Bertz CT molecular complexity index is 844. The summed E-state index contributed by atoms with van der Waals surface area (Å²) in [5.41, 5.74) is 2.17. The van der Waals surface area contributed by atoms with Gasteiger partial charge in [0.1, 0.15) is 10.3 Å². The molecule has 3 heterocycles. The zero-order valence-electron chi connectivity index (χ0n) is 14.0. The summed E-state index contributed by atoms with van der Waals surface area (Å²) in [6.45, 7) is 6.85. The molecule has 0 saturated carbocycles. The summed E-state index contributed by atoms with van der Waals surface area (Å²) < 4.78 is 8.37. The number of hydrogen-bond acceptors (Lipinski definition) is 5. The standard InChI is InChI=1S/C17H20BrN5O/c1-4-11(5-2)23-16(12-8-7-9-14(20-12)24-6-3)22-15-17(23)21-13(18)10-19-15/h7-11H,4-6H2,1-3H3. The topological polar surface area (TPSA) is 65.7 Å². The molecule has 7 heteroatoms. The van der Waals surface area contributed by atoms with Crippen LogP contribution in [0, 0.1) is 0 Å². The number of ether oxygens (including phenoxy) is 1. The smallest absolute Gasteiger partial charge is 0.213 e. The summed E-state index contributed by atoms with van der Waals surface area (Å²) >= 11 is 3.41. The molecule has 3 aromatic heterocycles. The van der Waals surface area contributed by atoms with Crippen LogP contribution < -0.4 is 4.74 Å². The molecule has 0 atom stereocenters. The van der Waals surface area contributed by atoms with Crippen LogP contribution in [-0.2, 0) is 0 Å². The summed E-state index contributed by atoms with van der Waals surface area (Å²) in [4.78, 5) is 18.3. The van der Waals surface area contributed by atoms with Gasteiger partial charge in [-0.25, -0.2) is 19.9 Å². The summed E-state index contributed by atoms with van der Waals surface area (Å²) in [5.74, 6) is 1.37. The lowest BCUT2D eigenvalue weighted by Crippen LogP contribution is -2.10. The van der Waals surface area contributed by atoms with Crippen LogP contribution in [0.15, 0.2) is 29.0 Å². The van der Waals surface area contributed by atoms with E-state index in [0.29, 0.717) is 22.7 Å². The van der Waals surface area contributed by atoms with Crippen molar-refractivity contribution < 1.29 is 4.74 Å². The molecular weight excluding hydrogens is 370 g/mol. The maximum Gasteiger partial charge on any atom is 0.213 e. The van der Waals surface area contributed by atoms with Crippen molar-refractivity contribution in [2.45, 2.75) is 39.7 Å². The zero-order chi connectivity index (χ0) is 17.1. The molecule has 3 aromatic rings. The van der Waals surface area contributed by atoms with Crippen LogP contribution in [0.5, 0.6) is 5.88 Å². The van der Waals surface area contributed by atoms with Crippen LogP contribution in [-0.4, -0.2) is 31.1 Å². The molecule has 0 amide bonds. The van der Waals surface area contributed by atoms with Crippen LogP contribution in [0.4, 0.5) is 0 Å². The summed E-state index contributed by atoms with van der Waals surface area (Å²) in [5, 5.41) is 0. The molecule has 0 aliphatic rings. The Kier molecular flexibility index (Phi) is 5.08. The summed E-state index contributed by atoms with van der Waals surface area (Å²) in [6, 6.07) is 6.01. The third-order valence-electron chi connectivity index (χ3n) is 3.93. The number of halogens is 1. The minimum absolute atomic E-state index is 0.283. The first-order valence-electron chi connectivity index (χ1n) is 8.18. The second-order valence-corrected chi connectivity index (χ2v) is 6.22. The Morgan fingerprint density at radius 1 is 1.12 bits per heavy atom. The highest BCUT2D eigenvalue weighted by atomic mass is 79.9. The van der Waals surface area contributed by atoms with Gasteiger partial charge in [-0.3, -0.25) is 0 Å². The van der Waals surface area contributed by atoms with E-state index in [0.717, 1.165) is 30.0 Å². The Morgan fingerprint density at radius 3 is 2.62 bits per heavy atom. The SMILES string of the molecule is CCOc1cccc(-c2nc3ncc(Br)nc3n2C(CC)CC)n1. The Balaban J connectivity index is 2.23. The van der Waals surface area contributed by atoms with Crippen molar-refractivity contribution >= 4 is 27.2 Å². The average molecular weight is 390 g/mol. The molecule has 24 heavy (non-hydrogen) atoms. The lowest BCUT2D eigenvalue weighted by Gasteiger charge is -2.18. The largest absolute Gasteiger partial charge is 0.478 e. The van der Waals surface area contributed by atoms with Gasteiger partial charge in [-0.05, 0) is 41.8 Å². The number of pyridine rings is 1. The highest BCUT2D eigenvalue weighted by Gasteiger charge is 2.21. The zero-order valence-corrected chi connectivity index (χ0v) is 15.6. The van der Waals surface area contributed by atoms with E-state index in [1.165, 1.54) is 0 Å². The molecule has 0 radical (unpaired) electrons. The molecule has 0 spiro atoms. The van der Waals surface area contributed by atoms with E-state index in [4.69, 9.17) is 9.72 Å². The second kappa shape index (κ2) is 7.25. The Labute approximate surface area is 149 Å². The van der Waals surface area contributed by atoms with Crippen LogP contribution >= 0.6 is 15.9 Å². The second-order valence-electron chi connectivity index (χ2n) is 5.41. The minimum atomic E-state index is 0.283. The molecule has 3 rings (SSSR count). The van der Waals surface area contributed by atoms with Crippen molar-refractivity contribution in [3.05, 3.63) is 29.0 Å². The number of nitrogens with zero attached hydrogens (tertiary/aromatic N) is 5. The third-order valence-corrected chi connectivity index (χ3v) is 4.31. The molecular formula is C17H20BrN5O. The molecule has 0 unspecified atom stereocenters. The van der Waals surface area contributed by atoms with Crippen molar-refractivity contribution in [3.63, 3.8) is 0 Å². The van der Waals surface area contributed by atoms with E-state index in [1.54, 1.807) is 6.20 Å². The van der Waals surface area contributed by atoms with Crippen molar-refractivity contribution in [1.82, 2.24) is 24.5 Å². The van der Waals surface area contributed by atoms with Gasteiger partial charge in [0.2, 0.25) is 5.88 Å². The van der Waals surface area contributed by atoms with Crippen LogP contribution in [0.1, 0.15) is 39.7 Å². The number of imidazole rings is 1. The molecule has 0 saturated heterocycles. The predicted molar refractivity (Wildman–Crippen MR) is 97.0 cm³/mol. The van der Waals surface area contributed by atoms with Crippen molar-refractivity contribution in [2.24, 2.45) is 0 Å². The minimum Gasteiger partial charge on any atom is -0.478 e. The maximum atomic E-state index is 5.53. The van der Waals surface area contributed by atoms with Crippen molar-refractivity contribution in [1.29, 1.82) is 0 Å². The number of rotatable bonds is 6. The highest BCUT2D eigenvalue weighted by Crippen LogP contribution is 2.30. The lowest BCUT2D eigenvalue weighted by atomic mass is 10.1.